The highest BCUT2D eigenvalue weighted by molar-refractivity contribution is 5.08. The molecule has 38 heavy (non-hydrogen) atoms. The first kappa shape index (κ1) is 35.9. The molecule has 0 radical (unpaired) electrons. The van der Waals surface area contributed by atoms with E-state index in [2.05, 4.69) is 74.6 Å². The number of unbranched alkanes of at least 4 members (excludes halogenated alkanes) is 8. The third kappa shape index (κ3) is 12.2. The second kappa shape index (κ2) is 17.7. The minimum absolute atomic E-state index is 0.147. The van der Waals surface area contributed by atoms with Gasteiger partial charge in [0.2, 0.25) is 0 Å². The van der Waals surface area contributed by atoms with E-state index in [1.165, 1.54) is 103 Å². The van der Waals surface area contributed by atoms with Gasteiger partial charge in [0.25, 0.3) is 0 Å². The molecule has 1 saturated carbocycles. The molecule has 1 rings (SSSR count). The Morgan fingerprint density at radius 3 is 1.92 bits per heavy atom. The topological polar surface area (TPSA) is 21.3 Å². The molecule has 2 heteroatoms. The van der Waals surface area contributed by atoms with Crippen LogP contribution in [0, 0.1) is 28.6 Å². The lowest BCUT2D eigenvalue weighted by Gasteiger charge is -2.41. The lowest BCUT2D eigenvalue weighted by Crippen LogP contribution is -2.54. The number of nitrogens with one attached hydrogen (secondary N) is 1. The molecule has 0 aromatic carbocycles. The highest BCUT2D eigenvalue weighted by Gasteiger charge is 2.59. The van der Waals surface area contributed by atoms with E-state index in [1.54, 1.807) is 0 Å². The molecule has 0 spiro atoms. The normalized spacial score (nSPS) is 24.4. The van der Waals surface area contributed by atoms with Gasteiger partial charge in [0.1, 0.15) is 0 Å². The van der Waals surface area contributed by atoms with Crippen molar-refractivity contribution in [2.45, 2.75) is 196 Å². The van der Waals surface area contributed by atoms with Crippen molar-refractivity contribution in [1.29, 1.82) is 0 Å². The van der Waals surface area contributed by atoms with Crippen molar-refractivity contribution in [3.63, 3.8) is 0 Å². The molecule has 0 amide bonds. The van der Waals surface area contributed by atoms with Gasteiger partial charge in [0, 0.05) is 18.7 Å². The smallest absolute Gasteiger partial charge is 0.0772 e. The maximum absolute atomic E-state index is 6.04. The fourth-order valence-corrected chi connectivity index (χ4v) is 7.79. The average Bonchev–Trinajstić information content (AvgIpc) is 3.37. The van der Waals surface area contributed by atoms with E-state index < -0.39 is 0 Å². The highest BCUT2D eigenvalue weighted by Crippen LogP contribution is 2.66. The van der Waals surface area contributed by atoms with E-state index in [4.69, 9.17) is 4.74 Å². The van der Waals surface area contributed by atoms with Crippen molar-refractivity contribution in [2.24, 2.45) is 28.6 Å². The Kier molecular flexibility index (Phi) is 16.7. The van der Waals surface area contributed by atoms with Crippen LogP contribution in [0.25, 0.3) is 0 Å². The van der Waals surface area contributed by atoms with Crippen LogP contribution < -0.4 is 5.32 Å². The predicted octanol–water partition coefficient (Wildman–Crippen LogP) is 11.4. The van der Waals surface area contributed by atoms with Gasteiger partial charge in [-0.05, 0) is 74.5 Å². The zero-order chi connectivity index (χ0) is 28.8. The lowest BCUT2D eigenvalue weighted by molar-refractivity contribution is -0.0207. The number of hydrogen-bond acceptors (Lipinski definition) is 2. The fraction of sp³-hybridized carbons (Fsp3) is 1.00. The van der Waals surface area contributed by atoms with E-state index in [-0.39, 0.29) is 17.1 Å². The first-order valence-corrected chi connectivity index (χ1v) is 17.2. The van der Waals surface area contributed by atoms with E-state index in [0.717, 1.165) is 24.2 Å². The highest BCUT2D eigenvalue weighted by atomic mass is 16.5. The fourth-order valence-electron chi connectivity index (χ4n) is 7.79. The average molecular weight is 536 g/mol. The molecule has 0 saturated heterocycles. The summed E-state index contributed by atoms with van der Waals surface area (Å²) in [5.74, 6) is 2.89. The SMILES string of the molecule is CCCCCCCC1C(C)C1(CCC)CC(C)CCCCCCCC(NC(C)(C)CC)C(OC)C(C)(C)C. The molecule has 0 aromatic rings. The Hall–Kier alpha value is -0.0800. The van der Waals surface area contributed by atoms with Crippen LogP contribution in [-0.2, 0) is 4.74 Å². The molecule has 0 bridgehead atoms. The Bertz CT molecular complexity index is 593. The summed E-state index contributed by atoms with van der Waals surface area (Å²) < 4.78 is 6.04. The van der Waals surface area contributed by atoms with Gasteiger partial charge < -0.3 is 10.1 Å². The summed E-state index contributed by atoms with van der Waals surface area (Å²) in [7, 11) is 1.90. The van der Waals surface area contributed by atoms with Crippen LogP contribution in [0.3, 0.4) is 0 Å². The molecule has 1 aliphatic carbocycles. The van der Waals surface area contributed by atoms with Crippen molar-refractivity contribution < 1.29 is 4.74 Å². The van der Waals surface area contributed by atoms with Gasteiger partial charge in [-0.3, -0.25) is 0 Å². The van der Waals surface area contributed by atoms with Crippen molar-refractivity contribution in [1.82, 2.24) is 5.32 Å². The molecule has 0 heterocycles. The Labute approximate surface area is 241 Å². The first-order chi connectivity index (χ1) is 17.9. The minimum Gasteiger partial charge on any atom is -0.379 e. The zero-order valence-electron chi connectivity index (χ0n) is 28.3. The molecule has 0 aromatic heterocycles. The van der Waals surface area contributed by atoms with Crippen molar-refractivity contribution in [2.75, 3.05) is 7.11 Å². The summed E-state index contributed by atoms with van der Waals surface area (Å²) in [6, 6.07) is 0.421. The van der Waals surface area contributed by atoms with Crippen molar-refractivity contribution in [3.8, 4) is 0 Å². The minimum atomic E-state index is 0.147. The van der Waals surface area contributed by atoms with Gasteiger partial charge in [0.05, 0.1) is 6.10 Å². The van der Waals surface area contributed by atoms with Crippen LogP contribution in [0.15, 0.2) is 0 Å². The lowest BCUT2D eigenvalue weighted by atomic mass is 9.81. The molecule has 1 N–H and O–H groups in total. The van der Waals surface area contributed by atoms with Crippen LogP contribution in [0.5, 0.6) is 0 Å². The van der Waals surface area contributed by atoms with Gasteiger partial charge in [-0.25, -0.2) is 0 Å². The van der Waals surface area contributed by atoms with E-state index >= 15 is 0 Å². The van der Waals surface area contributed by atoms with Gasteiger partial charge in [0.15, 0.2) is 0 Å². The van der Waals surface area contributed by atoms with Crippen LogP contribution in [-0.4, -0.2) is 24.8 Å². The molecule has 2 nitrogen and oxygen atoms in total. The van der Waals surface area contributed by atoms with Crippen molar-refractivity contribution in [3.05, 3.63) is 0 Å². The van der Waals surface area contributed by atoms with Gasteiger partial charge in [-0.1, -0.05) is 132 Å². The quantitative estimate of drug-likeness (QED) is 0.131. The maximum Gasteiger partial charge on any atom is 0.0772 e. The molecule has 228 valence electrons. The number of methoxy groups -OCH3 is 1. The maximum atomic E-state index is 6.04. The van der Waals surface area contributed by atoms with E-state index in [1.807, 2.05) is 7.11 Å². The standard InChI is InChI=1S/C36H73NO/c1-12-15-16-18-22-25-31-30(5)36(31,27-13-2)28-29(4)24-21-19-17-20-23-26-32(37-35(9,10)14-3)33(38-11)34(6,7)8/h29-33,37H,12-28H2,1-11H3. The number of rotatable bonds is 23. The number of ether oxygens (including phenoxy) is 1. The Morgan fingerprint density at radius 2 is 1.37 bits per heavy atom. The van der Waals surface area contributed by atoms with E-state index in [0.29, 0.717) is 11.5 Å². The molecule has 6 unspecified atom stereocenters. The first-order valence-electron chi connectivity index (χ1n) is 17.2. The summed E-state index contributed by atoms with van der Waals surface area (Å²) in [6.45, 7) is 23.8. The van der Waals surface area contributed by atoms with Crippen LogP contribution in [0.1, 0.15) is 178 Å². The second-order valence-corrected chi connectivity index (χ2v) is 15.2. The van der Waals surface area contributed by atoms with Crippen LogP contribution >= 0.6 is 0 Å². The molecule has 6 atom stereocenters. The summed E-state index contributed by atoms with van der Waals surface area (Å²) in [5, 5.41) is 3.96. The Morgan fingerprint density at radius 1 is 0.789 bits per heavy atom. The van der Waals surface area contributed by atoms with Crippen molar-refractivity contribution >= 4 is 0 Å². The Balaban J connectivity index is 2.39. The molecule has 0 aliphatic heterocycles. The third-order valence-corrected chi connectivity index (χ3v) is 10.3. The number of hydrogen-bond donors (Lipinski definition) is 1. The molecular weight excluding hydrogens is 462 g/mol. The monoisotopic (exact) mass is 536 g/mol. The van der Waals surface area contributed by atoms with Crippen LogP contribution in [0.2, 0.25) is 0 Å². The van der Waals surface area contributed by atoms with Gasteiger partial charge in [-0.2, -0.15) is 0 Å². The van der Waals surface area contributed by atoms with Gasteiger partial charge >= 0.3 is 0 Å². The van der Waals surface area contributed by atoms with Crippen LogP contribution in [0.4, 0.5) is 0 Å². The molecule has 1 aliphatic rings. The third-order valence-electron chi connectivity index (χ3n) is 10.3. The summed E-state index contributed by atoms with van der Waals surface area (Å²) in [5.41, 5.74) is 0.998. The summed E-state index contributed by atoms with van der Waals surface area (Å²) >= 11 is 0. The largest absolute Gasteiger partial charge is 0.379 e. The second-order valence-electron chi connectivity index (χ2n) is 15.2. The zero-order valence-corrected chi connectivity index (χ0v) is 28.3. The van der Waals surface area contributed by atoms with E-state index in [9.17, 15) is 0 Å². The molecular formula is C36H73NO. The molecule has 1 fully saturated rings. The predicted molar refractivity (Wildman–Crippen MR) is 171 cm³/mol. The summed E-state index contributed by atoms with van der Waals surface area (Å²) in [6.07, 6.45) is 23.9. The van der Waals surface area contributed by atoms with Gasteiger partial charge in [-0.15, -0.1) is 0 Å². The summed E-state index contributed by atoms with van der Waals surface area (Å²) in [4.78, 5) is 0.